The van der Waals surface area contributed by atoms with Crippen molar-refractivity contribution in [3.63, 3.8) is 0 Å². The Morgan fingerprint density at radius 2 is 2.00 bits per heavy atom. The first-order valence-corrected chi connectivity index (χ1v) is 6.90. The number of benzene rings is 1. The van der Waals surface area contributed by atoms with E-state index in [4.69, 9.17) is 10.5 Å². The van der Waals surface area contributed by atoms with Crippen molar-refractivity contribution in [1.29, 1.82) is 0 Å². The molecule has 0 saturated carbocycles. The average molecular weight is 285 g/mol. The van der Waals surface area contributed by atoms with Crippen LogP contribution in [0.3, 0.4) is 0 Å². The molecule has 108 valence electrons. The van der Waals surface area contributed by atoms with Crippen molar-refractivity contribution in [3.05, 3.63) is 35.9 Å². The molecule has 0 amide bonds. The van der Waals surface area contributed by atoms with E-state index < -0.39 is 0 Å². The van der Waals surface area contributed by atoms with Crippen LogP contribution in [0.2, 0.25) is 0 Å². The van der Waals surface area contributed by atoms with Crippen LogP contribution in [0.4, 0.5) is 0 Å². The summed E-state index contributed by atoms with van der Waals surface area (Å²) in [4.78, 5) is 2.48. The van der Waals surface area contributed by atoms with E-state index in [2.05, 4.69) is 35.2 Å². The van der Waals surface area contributed by atoms with Gasteiger partial charge in [-0.05, 0) is 24.9 Å². The van der Waals surface area contributed by atoms with Gasteiger partial charge in [-0.2, -0.15) is 0 Å². The maximum absolute atomic E-state index is 5.92. The highest BCUT2D eigenvalue weighted by atomic mass is 35.5. The van der Waals surface area contributed by atoms with E-state index in [1.165, 1.54) is 5.56 Å². The number of ether oxygens (including phenoxy) is 1. The lowest BCUT2D eigenvalue weighted by molar-refractivity contribution is 0.120. The second-order valence-electron chi connectivity index (χ2n) is 4.97. The standard InChI is InChI=1S/C15H24N2O.ClH/c1-2-18-9-8-17-11-14(10-16)15(12-17)13-6-4-3-5-7-13;/h3-7,14-15H,2,8-12,16H2,1H3;1H/t14-,15+;/m1./s1. The molecule has 4 heteroatoms. The van der Waals surface area contributed by atoms with E-state index in [1.807, 2.05) is 6.92 Å². The molecule has 0 spiro atoms. The number of nitrogens with zero attached hydrogens (tertiary/aromatic N) is 1. The van der Waals surface area contributed by atoms with Gasteiger partial charge in [0.05, 0.1) is 6.61 Å². The van der Waals surface area contributed by atoms with E-state index >= 15 is 0 Å². The first kappa shape index (κ1) is 16.4. The molecule has 0 radical (unpaired) electrons. The molecule has 2 rings (SSSR count). The van der Waals surface area contributed by atoms with Crippen LogP contribution in [-0.4, -0.2) is 44.3 Å². The fourth-order valence-corrected chi connectivity index (χ4v) is 2.80. The van der Waals surface area contributed by atoms with Gasteiger partial charge in [-0.1, -0.05) is 30.3 Å². The minimum Gasteiger partial charge on any atom is -0.380 e. The number of likely N-dealkylation sites (tertiary alicyclic amines) is 1. The van der Waals surface area contributed by atoms with Gasteiger partial charge < -0.3 is 15.4 Å². The van der Waals surface area contributed by atoms with Crippen LogP contribution in [0, 0.1) is 5.92 Å². The Hall–Kier alpha value is -0.610. The predicted octanol–water partition coefficient (Wildman–Crippen LogP) is 2.12. The molecule has 2 atom stereocenters. The summed E-state index contributed by atoms with van der Waals surface area (Å²) in [6.45, 7) is 7.67. The molecular formula is C15H25ClN2O. The van der Waals surface area contributed by atoms with Crippen molar-refractivity contribution in [1.82, 2.24) is 4.90 Å². The van der Waals surface area contributed by atoms with E-state index in [-0.39, 0.29) is 12.4 Å². The maximum Gasteiger partial charge on any atom is 0.0593 e. The fourth-order valence-electron chi connectivity index (χ4n) is 2.80. The molecule has 19 heavy (non-hydrogen) atoms. The lowest BCUT2D eigenvalue weighted by Crippen LogP contribution is -2.26. The second kappa shape index (κ2) is 8.54. The number of hydrogen-bond acceptors (Lipinski definition) is 3. The highest BCUT2D eigenvalue weighted by molar-refractivity contribution is 5.85. The lowest BCUT2D eigenvalue weighted by atomic mass is 9.89. The highest BCUT2D eigenvalue weighted by Crippen LogP contribution is 2.31. The SMILES string of the molecule is CCOCCN1C[C@@H](CN)[C@H](c2ccccc2)C1.Cl. The Morgan fingerprint density at radius 1 is 1.26 bits per heavy atom. The van der Waals surface area contributed by atoms with Gasteiger partial charge >= 0.3 is 0 Å². The number of nitrogens with two attached hydrogens (primary N) is 1. The molecule has 1 saturated heterocycles. The molecular weight excluding hydrogens is 260 g/mol. The van der Waals surface area contributed by atoms with Gasteiger partial charge in [0.15, 0.2) is 0 Å². The van der Waals surface area contributed by atoms with Crippen molar-refractivity contribution in [3.8, 4) is 0 Å². The molecule has 1 aromatic rings. The summed E-state index contributed by atoms with van der Waals surface area (Å²) >= 11 is 0. The number of halogens is 1. The third-order valence-corrected chi connectivity index (χ3v) is 3.80. The zero-order valence-electron chi connectivity index (χ0n) is 11.6. The predicted molar refractivity (Wildman–Crippen MR) is 81.9 cm³/mol. The molecule has 1 aromatic carbocycles. The molecule has 0 aliphatic carbocycles. The van der Waals surface area contributed by atoms with Crippen LogP contribution in [0.15, 0.2) is 30.3 Å². The first-order chi connectivity index (χ1) is 8.85. The molecule has 1 aliphatic rings. The Kier molecular flexibility index (Phi) is 7.39. The molecule has 2 N–H and O–H groups in total. The van der Waals surface area contributed by atoms with Crippen LogP contribution in [0.25, 0.3) is 0 Å². The zero-order chi connectivity index (χ0) is 12.8. The van der Waals surface area contributed by atoms with Crippen LogP contribution in [0.1, 0.15) is 18.4 Å². The summed E-state index contributed by atoms with van der Waals surface area (Å²) in [6, 6.07) is 10.7. The lowest BCUT2D eigenvalue weighted by Gasteiger charge is -2.16. The van der Waals surface area contributed by atoms with Crippen LogP contribution >= 0.6 is 12.4 Å². The van der Waals surface area contributed by atoms with Crippen LogP contribution < -0.4 is 5.73 Å². The van der Waals surface area contributed by atoms with Crippen molar-refractivity contribution < 1.29 is 4.74 Å². The molecule has 1 heterocycles. The molecule has 0 aromatic heterocycles. The summed E-state index contributed by atoms with van der Waals surface area (Å²) in [7, 11) is 0. The fraction of sp³-hybridized carbons (Fsp3) is 0.600. The minimum absolute atomic E-state index is 0. The number of hydrogen-bond donors (Lipinski definition) is 1. The zero-order valence-corrected chi connectivity index (χ0v) is 12.4. The quantitative estimate of drug-likeness (QED) is 0.813. The Labute approximate surface area is 122 Å². The Balaban J connectivity index is 0.00000180. The van der Waals surface area contributed by atoms with Crippen molar-refractivity contribution in [2.24, 2.45) is 11.7 Å². The minimum atomic E-state index is 0. The van der Waals surface area contributed by atoms with E-state index in [0.29, 0.717) is 11.8 Å². The second-order valence-corrected chi connectivity index (χ2v) is 4.97. The van der Waals surface area contributed by atoms with Crippen LogP contribution in [-0.2, 0) is 4.74 Å². The van der Waals surface area contributed by atoms with Gasteiger partial charge in [0.1, 0.15) is 0 Å². The summed E-state index contributed by atoms with van der Waals surface area (Å²) in [5.41, 5.74) is 7.34. The molecule has 0 bridgehead atoms. The van der Waals surface area contributed by atoms with Crippen molar-refractivity contribution >= 4 is 12.4 Å². The number of rotatable bonds is 6. The third kappa shape index (κ3) is 4.46. The maximum atomic E-state index is 5.92. The smallest absolute Gasteiger partial charge is 0.0593 e. The van der Waals surface area contributed by atoms with E-state index in [1.54, 1.807) is 0 Å². The van der Waals surface area contributed by atoms with Crippen LogP contribution in [0.5, 0.6) is 0 Å². The van der Waals surface area contributed by atoms with Crippen molar-refractivity contribution in [2.75, 3.05) is 39.4 Å². The average Bonchev–Trinajstić information content (AvgIpc) is 2.83. The van der Waals surface area contributed by atoms with Crippen molar-refractivity contribution in [2.45, 2.75) is 12.8 Å². The molecule has 1 fully saturated rings. The molecule has 3 nitrogen and oxygen atoms in total. The van der Waals surface area contributed by atoms with Gasteiger partial charge in [-0.25, -0.2) is 0 Å². The third-order valence-electron chi connectivity index (χ3n) is 3.80. The van der Waals surface area contributed by atoms with Gasteiger partial charge in [-0.15, -0.1) is 12.4 Å². The van der Waals surface area contributed by atoms with Gasteiger partial charge in [0.25, 0.3) is 0 Å². The van der Waals surface area contributed by atoms with Gasteiger partial charge in [0, 0.05) is 32.2 Å². The highest BCUT2D eigenvalue weighted by Gasteiger charge is 2.32. The van der Waals surface area contributed by atoms with E-state index in [9.17, 15) is 0 Å². The largest absolute Gasteiger partial charge is 0.380 e. The summed E-state index contributed by atoms with van der Waals surface area (Å²) in [6.07, 6.45) is 0. The summed E-state index contributed by atoms with van der Waals surface area (Å²) in [5.74, 6) is 1.16. The molecule has 1 aliphatic heterocycles. The monoisotopic (exact) mass is 284 g/mol. The van der Waals surface area contributed by atoms with Gasteiger partial charge in [-0.3, -0.25) is 0 Å². The summed E-state index contributed by atoms with van der Waals surface area (Å²) in [5, 5.41) is 0. The Bertz CT molecular complexity index is 347. The van der Waals surface area contributed by atoms with E-state index in [0.717, 1.165) is 39.4 Å². The topological polar surface area (TPSA) is 38.5 Å². The summed E-state index contributed by atoms with van der Waals surface area (Å²) < 4.78 is 5.43. The Morgan fingerprint density at radius 3 is 2.63 bits per heavy atom. The molecule has 0 unspecified atom stereocenters. The first-order valence-electron chi connectivity index (χ1n) is 6.90. The normalized spacial score (nSPS) is 23.3. The van der Waals surface area contributed by atoms with Gasteiger partial charge in [0.2, 0.25) is 0 Å².